The number of benzene rings is 1. The van der Waals surface area contributed by atoms with Gasteiger partial charge in [0.05, 0.1) is 6.61 Å². The Kier molecular flexibility index (Phi) is 9.87. The Morgan fingerprint density at radius 1 is 1.22 bits per heavy atom. The van der Waals surface area contributed by atoms with Gasteiger partial charge in [0.25, 0.3) is 0 Å². The molecular weight excluding hydrogens is 288 g/mol. The first kappa shape index (κ1) is 19.3. The van der Waals surface area contributed by atoms with Crippen LogP contribution in [0.5, 0.6) is 5.75 Å². The molecule has 0 aliphatic rings. The summed E-state index contributed by atoms with van der Waals surface area (Å²) >= 11 is 0. The highest BCUT2D eigenvalue weighted by Crippen LogP contribution is 2.08. The Hall–Kier alpha value is -1.75. The zero-order chi connectivity index (χ0) is 16.9. The average molecular weight is 320 g/mol. The van der Waals surface area contributed by atoms with Crippen LogP contribution in [0.3, 0.4) is 0 Å². The van der Waals surface area contributed by atoms with Crippen LogP contribution < -0.4 is 15.4 Å². The van der Waals surface area contributed by atoms with Crippen molar-refractivity contribution < 1.29 is 4.74 Å². The summed E-state index contributed by atoms with van der Waals surface area (Å²) in [6.45, 7) is 10.7. The van der Waals surface area contributed by atoms with E-state index in [9.17, 15) is 0 Å². The summed E-state index contributed by atoms with van der Waals surface area (Å²) in [5.74, 6) is 1.79. The van der Waals surface area contributed by atoms with Crippen LogP contribution in [0, 0.1) is 0 Å². The number of para-hydroxylation sites is 1. The molecule has 0 spiro atoms. The lowest BCUT2D eigenvalue weighted by Gasteiger charge is -2.21. The molecule has 0 saturated heterocycles. The molecule has 0 fully saturated rings. The molecule has 0 atom stereocenters. The third-order valence-corrected chi connectivity index (χ3v) is 3.57. The van der Waals surface area contributed by atoms with Crippen LogP contribution in [0.25, 0.3) is 0 Å². The summed E-state index contributed by atoms with van der Waals surface area (Å²) in [6.07, 6.45) is 0.900. The van der Waals surface area contributed by atoms with Crippen LogP contribution >= 0.6 is 0 Å². The Balaban J connectivity index is 2.23. The maximum absolute atomic E-state index is 5.67. The molecule has 5 heteroatoms. The fourth-order valence-corrected chi connectivity index (χ4v) is 1.91. The van der Waals surface area contributed by atoms with Gasteiger partial charge in [0, 0.05) is 38.6 Å². The average Bonchev–Trinajstić information content (AvgIpc) is 2.55. The quantitative estimate of drug-likeness (QED) is 0.395. The van der Waals surface area contributed by atoms with Crippen molar-refractivity contribution >= 4 is 5.96 Å². The van der Waals surface area contributed by atoms with Gasteiger partial charge in [-0.1, -0.05) is 18.2 Å². The Labute approximate surface area is 141 Å². The summed E-state index contributed by atoms with van der Waals surface area (Å²) in [5.41, 5.74) is 0. The van der Waals surface area contributed by atoms with Crippen molar-refractivity contribution in [3.8, 4) is 5.75 Å². The van der Waals surface area contributed by atoms with Crippen molar-refractivity contribution in [1.29, 1.82) is 0 Å². The van der Waals surface area contributed by atoms with Crippen molar-refractivity contribution in [2.24, 2.45) is 4.99 Å². The van der Waals surface area contributed by atoms with Gasteiger partial charge in [-0.15, -0.1) is 0 Å². The van der Waals surface area contributed by atoms with Gasteiger partial charge in [0.1, 0.15) is 5.75 Å². The number of aliphatic imine (C=N–C) groups is 1. The van der Waals surface area contributed by atoms with E-state index in [4.69, 9.17) is 4.74 Å². The zero-order valence-electron chi connectivity index (χ0n) is 15.0. The van der Waals surface area contributed by atoms with E-state index >= 15 is 0 Å². The van der Waals surface area contributed by atoms with Crippen LogP contribution in [0.1, 0.15) is 27.2 Å². The predicted octanol–water partition coefficient (Wildman–Crippen LogP) is 2.35. The second kappa shape index (κ2) is 11.8. The number of nitrogens with zero attached hydrogens (tertiary/aromatic N) is 2. The minimum absolute atomic E-state index is 0.562. The minimum atomic E-state index is 0.562. The van der Waals surface area contributed by atoms with E-state index in [2.05, 4.69) is 48.3 Å². The first-order valence-electron chi connectivity index (χ1n) is 8.53. The normalized spacial score (nSPS) is 11.8. The van der Waals surface area contributed by atoms with E-state index in [0.29, 0.717) is 12.6 Å². The molecule has 2 N–H and O–H groups in total. The molecular formula is C18H32N4O. The van der Waals surface area contributed by atoms with E-state index in [1.165, 1.54) is 0 Å². The third-order valence-electron chi connectivity index (χ3n) is 3.57. The summed E-state index contributed by atoms with van der Waals surface area (Å²) in [5, 5.41) is 6.65. The fraction of sp³-hybridized carbons (Fsp3) is 0.611. The first-order valence-corrected chi connectivity index (χ1v) is 8.53. The van der Waals surface area contributed by atoms with Gasteiger partial charge < -0.3 is 20.3 Å². The minimum Gasteiger partial charge on any atom is -0.494 e. The van der Waals surface area contributed by atoms with Gasteiger partial charge in [0.2, 0.25) is 0 Å². The second-order valence-electron chi connectivity index (χ2n) is 5.78. The molecule has 23 heavy (non-hydrogen) atoms. The molecule has 5 nitrogen and oxygen atoms in total. The Morgan fingerprint density at radius 3 is 2.61 bits per heavy atom. The molecule has 0 aromatic heterocycles. The summed E-state index contributed by atoms with van der Waals surface area (Å²) in [4.78, 5) is 6.89. The summed E-state index contributed by atoms with van der Waals surface area (Å²) in [7, 11) is 2.14. The van der Waals surface area contributed by atoms with Crippen molar-refractivity contribution in [3.05, 3.63) is 30.3 Å². The van der Waals surface area contributed by atoms with Crippen LogP contribution in [0.4, 0.5) is 0 Å². The van der Waals surface area contributed by atoms with E-state index < -0.39 is 0 Å². The lowest BCUT2D eigenvalue weighted by molar-refractivity contribution is 0.278. The first-order chi connectivity index (χ1) is 11.1. The largest absolute Gasteiger partial charge is 0.494 e. The molecule has 0 saturated carbocycles. The van der Waals surface area contributed by atoms with Gasteiger partial charge >= 0.3 is 0 Å². The van der Waals surface area contributed by atoms with Crippen LogP contribution in [-0.2, 0) is 0 Å². The molecule has 0 aliphatic heterocycles. The van der Waals surface area contributed by atoms with Gasteiger partial charge in [-0.3, -0.25) is 4.99 Å². The standard InChI is InChI=1S/C18H32N4O/c1-5-19-18(21-13-14-22(4)16(2)3)20-12-9-15-23-17-10-7-6-8-11-17/h6-8,10-11,16H,5,9,12-15H2,1-4H3,(H2,19,20,21). The van der Waals surface area contributed by atoms with Crippen LogP contribution in [0.2, 0.25) is 0 Å². The number of hydrogen-bond donors (Lipinski definition) is 2. The summed E-state index contributed by atoms with van der Waals surface area (Å²) < 4.78 is 5.67. The zero-order valence-corrected chi connectivity index (χ0v) is 15.0. The lowest BCUT2D eigenvalue weighted by atomic mass is 10.3. The molecule has 0 radical (unpaired) electrons. The molecule has 0 bridgehead atoms. The number of likely N-dealkylation sites (N-methyl/N-ethyl adjacent to an activating group) is 1. The molecule has 0 aliphatic carbocycles. The molecule has 0 unspecified atom stereocenters. The van der Waals surface area contributed by atoms with Gasteiger partial charge in [-0.25, -0.2) is 0 Å². The van der Waals surface area contributed by atoms with Crippen LogP contribution in [-0.4, -0.2) is 56.7 Å². The van der Waals surface area contributed by atoms with Crippen molar-refractivity contribution in [1.82, 2.24) is 15.5 Å². The molecule has 1 rings (SSSR count). The number of hydrogen-bond acceptors (Lipinski definition) is 3. The molecule has 1 aromatic carbocycles. The summed E-state index contributed by atoms with van der Waals surface area (Å²) in [6, 6.07) is 10.5. The lowest BCUT2D eigenvalue weighted by Crippen LogP contribution is -2.42. The van der Waals surface area contributed by atoms with E-state index in [0.717, 1.165) is 44.3 Å². The van der Waals surface area contributed by atoms with E-state index in [-0.39, 0.29) is 0 Å². The fourth-order valence-electron chi connectivity index (χ4n) is 1.91. The van der Waals surface area contributed by atoms with Gasteiger partial charge in [-0.05, 0) is 40.0 Å². The maximum Gasteiger partial charge on any atom is 0.191 e. The molecule has 0 heterocycles. The highest BCUT2D eigenvalue weighted by atomic mass is 16.5. The smallest absolute Gasteiger partial charge is 0.191 e. The molecule has 0 amide bonds. The van der Waals surface area contributed by atoms with Gasteiger partial charge in [0.15, 0.2) is 5.96 Å². The van der Waals surface area contributed by atoms with Crippen molar-refractivity contribution in [3.63, 3.8) is 0 Å². The third kappa shape index (κ3) is 9.08. The second-order valence-corrected chi connectivity index (χ2v) is 5.78. The SMILES string of the molecule is CCNC(=NCCCOc1ccccc1)NCCN(C)C(C)C. The topological polar surface area (TPSA) is 48.9 Å². The molecule has 1 aromatic rings. The Bertz CT molecular complexity index is 434. The highest BCUT2D eigenvalue weighted by molar-refractivity contribution is 5.79. The van der Waals surface area contributed by atoms with E-state index in [1.54, 1.807) is 0 Å². The van der Waals surface area contributed by atoms with Gasteiger partial charge in [-0.2, -0.15) is 0 Å². The van der Waals surface area contributed by atoms with E-state index in [1.807, 2.05) is 30.3 Å². The van der Waals surface area contributed by atoms with Crippen molar-refractivity contribution in [2.75, 3.05) is 39.8 Å². The number of guanidine groups is 1. The predicted molar refractivity (Wildman–Crippen MR) is 98.3 cm³/mol. The highest BCUT2D eigenvalue weighted by Gasteiger charge is 2.03. The van der Waals surface area contributed by atoms with Crippen LogP contribution in [0.15, 0.2) is 35.3 Å². The monoisotopic (exact) mass is 320 g/mol. The number of ether oxygens (including phenoxy) is 1. The molecule has 130 valence electrons. The number of nitrogens with one attached hydrogen (secondary N) is 2. The number of rotatable bonds is 10. The maximum atomic E-state index is 5.67. The van der Waals surface area contributed by atoms with Crippen molar-refractivity contribution in [2.45, 2.75) is 33.2 Å². The Morgan fingerprint density at radius 2 is 1.96 bits per heavy atom.